The van der Waals surface area contributed by atoms with Crippen molar-refractivity contribution in [3.63, 3.8) is 0 Å². The van der Waals surface area contributed by atoms with Gasteiger partial charge in [0, 0.05) is 26.7 Å². The normalized spacial score (nSPS) is 10.7. The Balaban J connectivity index is 0.00000225. The Morgan fingerprint density at radius 1 is 1.11 bits per heavy atom. The van der Waals surface area contributed by atoms with Gasteiger partial charge in [0.05, 0.1) is 23.1 Å². The zero-order valence-electron chi connectivity index (χ0n) is 14.5. The number of hydrogen-bond donors (Lipinski definition) is 0. The number of aromatic carboxylic acids is 1. The van der Waals surface area contributed by atoms with Crippen molar-refractivity contribution in [2.24, 2.45) is 0 Å². The van der Waals surface area contributed by atoms with Crippen molar-refractivity contribution in [3.05, 3.63) is 75.6 Å². The molecule has 0 aliphatic heterocycles. The van der Waals surface area contributed by atoms with E-state index in [2.05, 4.69) is 26.0 Å². The van der Waals surface area contributed by atoms with Crippen LogP contribution >= 0.6 is 27.5 Å². The number of carboxylic acids is 1. The Labute approximate surface area is 184 Å². The van der Waals surface area contributed by atoms with E-state index in [1.165, 1.54) is 22.7 Å². The van der Waals surface area contributed by atoms with Crippen LogP contribution in [0, 0.1) is 5.82 Å². The van der Waals surface area contributed by atoms with Gasteiger partial charge in [-0.05, 0) is 36.4 Å². The minimum Gasteiger partial charge on any atom is -0.543 e. The van der Waals surface area contributed by atoms with E-state index in [9.17, 15) is 14.3 Å². The molecule has 5 nitrogen and oxygen atoms in total. The summed E-state index contributed by atoms with van der Waals surface area (Å²) in [6, 6.07) is 14.3. The summed E-state index contributed by atoms with van der Waals surface area (Å²) in [5, 5.41) is 16.3. The molecule has 2 heterocycles. The van der Waals surface area contributed by atoms with Crippen molar-refractivity contribution in [3.8, 4) is 22.5 Å². The number of nitrogens with zero attached hydrogens (tertiary/aromatic N) is 3. The molecule has 2 aromatic heterocycles. The van der Waals surface area contributed by atoms with Gasteiger partial charge in [-0.2, -0.15) is 5.10 Å². The molecule has 0 amide bonds. The van der Waals surface area contributed by atoms with Gasteiger partial charge in [0.2, 0.25) is 0 Å². The van der Waals surface area contributed by atoms with Crippen LogP contribution in [0.3, 0.4) is 0 Å². The van der Waals surface area contributed by atoms with E-state index in [0.29, 0.717) is 26.4 Å². The van der Waals surface area contributed by atoms with Crippen LogP contribution in [0.5, 0.6) is 0 Å². The molecule has 0 N–H and O–H groups in total. The smallest absolute Gasteiger partial charge is 0.543 e. The van der Waals surface area contributed by atoms with Crippen LogP contribution in [0.1, 0.15) is 10.5 Å². The first kappa shape index (κ1) is 20.6. The topological polar surface area (TPSA) is 70.3 Å². The molecule has 0 radical (unpaired) electrons. The molecule has 2 aromatic carbocycles. The molecule has 0 saturated heterocycles. The summed E-state index contributed by atoms with van der Waals surface area (Å²) in [5.74, 6) is -1.87. The van der Waals surface area contributed by atoms with E-state index in [1.54, 1.807) is 36.4 Å². The molecule has 0 unspecified atom stereocenters. The third-order valence-corrected chi connectivity index (χ3v) is 4.73. The quantitative estimate of drug-likeness (QED) is 0.435. The van der Waals surface area contributed by atoms with Gasteiger partial charge < -0.3 is 9.90 Å². The van der Waals surface area contributed by atoms with E-state index < -0.39 is 11.8 Å². The maximum atomic E-state index is 14.3. The summed E-state index contributed by atoms with van der Waals surface area (Å²) in [5.41, 5.74) is 1.79. The maximum absolute atomic E-state index is 14.3. The van der Waals surface area contributed by atoms with Crippen molar-refractivity contribution in [2.75, 3.05) is 0 Å². The van der Waals surface area contributed by atoms with Gasteiger partial charge >= 0.3 is 18.9 Å². The summed E-state index contributed by atoms with van der Waals surface area (Å²) in [6.07, 6.45) is 0. The first-order valence-electron chi connectivity index (χ1n) is 7.76. The van der Waals surface area contributed by atoms with Crippen molar-refractivity contribution in [2.45, 2.75) is 0 Å². The molecule has 0 saturated carbocycles. The standard InChI is InChI=1S/C19H10BrClFN3O2.Li/c20-11-3-6-13(14(22)7-11)15-9-18-23-16(19(26)27)8-17(25(18)24-15)10-1-4-12(21)5-2-10;/h1-9H,(H,26,27);/q;+1/p-1. The van der Waals surface area contributed by atoms with Crippen LogP contribution in [0.15, 0.2) is 59.1 Å². The molecule has 134 valence electrons. The van der Waals surface area contributed by atoms with Gasteiger partial charge in [0.25, 0.3) is 0 Å². The molecule has 0 aliphatic rings. The molecular weight excluding hydrogens is 444 g/mol. The van der Waals surface area contributed by atoms with Crippen LogP contribution in [0.25, 0.3) is 28.2 Å². The van der Waals surface area contributed by atoms with Gasteiger partial charge in [-0.1, -0.05) is 39.7 Å². The number of halogens is 3. The second-order valence-electron chi connectivity index (χ2n) is 5.74. The summed E-state index contributed by atoms with van der Waals surface area (Å²) < 4.78 is 16.4. The van der Waals surface area contributed by atoms with Gasteiger partial charge in [0.1, 0.15) is 5.82 Å². The van der Waals surface area contributed by atoms with Crippen molar-refractivity contribution in [1.82, 2.24) is 14.6 Å². The molecule has 0 fully saturated rings. The van der Waals surface area contributed by atoms with Crippen LogP contribution < -0.4 is 24.0 Å². The SMILES string of the molecule is O=C([O-])c1cc(-c2ccc(Cl)cc2)n2nc(-c3ccc(Br)cc3F)cc2n1.[Li+]. The van der Waals surface area contributed by atoms with Gasteiger partial charge in [-0.15, -0.1) is 0 Å². The number of carbonyl (C=O) groups is 1. The summed E-state index contributed by atoms with van der Waals surface area (Å²) in [4.78, 5) is 15.4. The van der Waals surface area contributed by atoms with Crippen LogP contribution in [0.2, 0.25) is 5.02 Å². The first-order chi connectivity index (χ1) is 12.9. The van der Waals surface area contributed by atoms with Crippen molar-refractivity contribution < 1.29 is 33.2 Å². The Kier molecular flexibility index (Phi) is 5.92. The zero-order valence-corrected chi connectivity index (χ0v) is 16.8. The first-order valence-corrected chi connectivity index (χ1v) is 8.93. The number of rotatable bonds is 3. The summed E-state index contributed by atoms with van der Waals surface area (Å²) in [7, 11) is 0. The van der Waals surface area contributed by atoms with Crippen molar-refractivity contribution >= 4 is 39.1 Å². The summed E-state index contributed by atoms with van der Waals surface area (Å²) >= 11 is 9.15. The maximum Gasteiger partial charge on any atom is 1.00 e. The molecule has 0 aliphatic carbocycles. The predicted octanol–water partition coefficient (Wildman–Crippen LogP) is 0.986. The number of hydrogen-bond acceptors (Lipinski definition) is 4. The molecule has 0 atom stereocenters. The number of carbonyl (C=O) groups excluding carboxylic acids is 1. The monoisotopic (exact) mass is 451 g/mol. The third kappa shape index (κ3) is 3.84. The largest absolute Gasteiger partial charge is 1.00 e. The minimum atomic E-state index is -1.41. The molecular formula is C19H9BrClFLiN3O2. The number of carboxylic acid groups (broad SMARTS) is 1. The fourth-order valence-electron chi connectivity index (χ4n) is 2.73. The van der Waals surface area contributed by atoms with E-state index in [0.717, 1.165) is 0 Å². The van der Waals surface area contributed by atoms with Crippen LogP contribution in [0.4, 0.5) is 4.39 Å². The molecule has 28 heavy (non-hydrogen) atoms. The molecule has 9 heteroatoms. The van der Waals surface area contributed by atoms with Gasteiger partial charge in [-0.25, -0.2) is 13.9 Å². The molecule has 4 aromatic rings. The fourth-order valence-corrected chi connectivity index (χ4v) is 3.19. The van der Waals surface area contributed by atoms with E-state index in [4.69, 9.17) is 11.6 Å². The second kappa shape index (κ2) is 8.06. The van der Waals surface area contributed by atoms with E-state index in [-0.39, 0.29) is 35.8 Å². The predicted molar refractivity (Wildman–Crippen MR) is 101 cm³/mol. The molecule has 0 spiro atoms. The number of benzene rings is 2. The van der Waals surface area contributed by atoms with E-state index >= 15 is 0 Å². The average Bonchev–Trinajstić information content (AvgIpc) is 3.05. The number of fused-ring (bicyclic) bond motifs is 1. The Morgan fingerprint density at radius 2 is 1.82 bits per heavy atom. The average molecular weight is 453 g/mol. The Bertz CT molecular complexity index is 1200. The molecule has 4 rings (SSSR count). The minimum absolute atomic E-state index is 0. The summed E-state index contributed by atoms with van der Waals surface area (Å²) in [6.45, 7) is 0. The molecule has 0 bridgehead atoms. The van der Waals surface area contributed by atoms with Crippen LogP contribution in [-0.2, 0) is 0 Å². The zero-order chi connectivity index (χ0) is 19.1. The van der Waals surface area contributed by atoms with Crippen LogP contribution in [-0.4, -0.2) is 20.6 Å². The Hall–Kier alpha value is -2.17. The second-order valence-corrected chi connectivity index (χ2v) is 7.10. The third-order valence-electron chi connectivity index (χ3n) is 3.98. The number of aromatic nitrogens is 3. The van der Waals surface area contributed by atoms with E-state index in [1.807, 2.05) is 0 Å². The van der Waals surface area contributed by atoms with Crippen molar-refractivity contribution in [1.29, 1.82) is 0 Å². The Morgan fingerprint density at radius 3 is 2.46 bits per heavy atom. The van der Waals surface area contributed by atoms with Gasteiger partial charge in [0.15, 0.2) is 5.65 Å². The van der Waals surface area contributed by atoms with Gasteiger partial charge in [-0.3, -0.25) is 0 Å². The fraction of sp³-hybridized carbons (Fsp3) is 0.